The van der Waals surface area contributed by atoms with Crippen molar-refractivity contribution in [3.05, 3.63) is 57.4 Å². The van der Waals surface area contributed by atoms with E-state index in [-0.39, 0.29) is 29.7 Å². The molecule has 1 unspecified atom stereocenters. The number of Topliss-reactive ketones (excluding diaryl/α,β-unsaturated/α-hetero) is 1. The fourth-order valence-corrected chi connectivity index (χ4v) is 5.71. The molecule has 6 nitrogen and oxygen atoms in total. The number of carbonyl (C=O) groups is 2. The molecule has 0 fully saturated rings. The number of carbonyl (C=O) groups excluding carboxylic acids is 2. The number of thiophene rings is 1. The summed E-state index contributed by atoms with van der Waals surface area (Å²) in [5.41, 5.74) is 3.15. The minimum Gasteiger partial charge on any atom is -0.493 e. The molecule has 0 amide bonds. The number of ketones is 1. The van der Waals surface area contributed by atoms with Gasteiger partial charge in [-0.05, 0) is 61.7 Å². The number of hydrogen-bond acceptors (Lipinski definition) is 7. The first-order valence-electron chi connectivity index (χ1n) is 11.6. The molecule has 0 radical (unpaired) electrons. The van der Waals surface area contributed by atoms with Crippen LogP contribution in [0.5, 0.6) is 11.5 Å². The van der Waals surface area contributed by atoms with Crippen molar-refractivity contribution in [2.45, 2.75) is 58.0 Å². The van der Waals surface area contributed by atoms with Crippen LogP contribution in [-0.4, -0.2) is 37.8 Å². The smallest absolute Gasteiger partial charge is 0.315 e. The summed E-state index contributed by atoms with van der Waals surface area (Å²) in [5, 5.41) is 1.98. The Bertz CT molecular complexity index is 1130. The Morgan fingerprint density at radius 3 is 2.59 bits per heavy atom. The Balaban J connectivity index is 1.72. The molecule has 1 aromatic carbocycles. The Labute approximate surface area is 204 Å². The van der Waals surface area contributed by atoms with Crippen LogP contribution < -0.4 is 9.47 Å². The zero-order valence-corrected chi connectivity index (χ0v) is 21.1. The number of rotatable bonds is 7. The first kappa shape index (κ1) is 24.2. The molecule has 2 aliphatic rings. The van der Waals surface area contributed by atoms with Crippen LogP contribution in [0, 0.1) is 5.92 Å². The highest BCUT2D eigenvalue weighted by Crippen LogP contribution is 2.48. The van der Waals surface area contributed by atoms with Crippen molar-refractivity contribution in [2.75, 3.05) is 14.2 Å². The molecule has 0 N–H and O–H groups in total. The van der Waals surface area contributed by atoms with Crippen molar-refractivity contribution < 1.29 is 23.8 Å². The van der Waals surface area contributed by atoms with Gasteiger partial charge in [-0.1, -0.05) is 19.1 Å². The molecule has 180 valence electrons. The van der Waals surface area contributed by atoms with Gasteiger partial charge in [0.15, 0.2) is 17.3 Å². The topological polar surface area (TPSA) is 74.2 Å². The van der Waals surface area contributed by atoms with Crippen LogP contribution >= 0.6 is 11.3 Å². The summed E-state index contributed by atoms with van der Waals surface area (Å²) in [6.45, 7) is 5.74. The molecular weight excluding hydrogens is 450 g/mol. The normalized spacial score (nSPS) is 23.1. The van der Waals surface area contributed by atoms with Crippen molar-refractivity contribution in [1.82, 2.24) is 0 Å². The molecule has 0 saturated heterocycles. The van der Waals surface area contributed by atoms with Gasteiger partial charge >= 0.3 is 5.97 Å². The summed E-state index contributed by atoms with van der Waals surface area (Å²) in [4.78, 5) is 32.7. The fourth-order valence-electron chi connectivity index (χ4n) is 4.84. The molecule has 2 aromatic rings. The fraction of sp³-hybridized carbons (Fsp3) is 0.444. The maximum Gasteiger partial charge on any atom is 0.315 e. The second kappa shape index (κ2) is 10.1. The van der Waals surface area contributed by atoms with Gasteiger partial charge in [0.05, 0.1) is 20.3 Å². The first-order valence-corrected chi connectivity index (χ1v) is 12.5. The second-order valence-electron chi connectivity index (χ2n) is 8.88. The number of ether oxygens (including phenoxy) is 3. The number of nitrogens with zero attached hydrogens (tertiary/aromatic N) is 1. The predicted octanol–water partition coefficient (Wildman–Crippen LogP) is 5.68. The van der Waals surface area contributed by atoms with E-state index in [2.05, 4.69) is 0 Å². The van der Waals surface area contributed by atoms with E-state index in [4.69, 9.17) is 19.2 Å². The van der Waals surface area contributed by atoms with E-state index in [1.165, 1.54) is 0 Å². The van der Waals surface area contributed by atoms with E-state index < -0.39 is 5.92 Å². The molecule has 7 heteroatoms. The van der Waals surface area contributed by atoms with Gasteiger partial charge in [0.2, 0.25) is 0 Å². The lowest BCUT2D eigenvalue weighted by Gasteiger charge is -2.36. The van der Waals surface area contributed by atoms with Gasteiger partial charge in [0.1, 0.15) is 5.92 Å². The predicted molar refractivity (Wildman–Crippen MR) is 133 cm³/mol. The van der Waals surface area contributed by atoms with E-state index in [0.717, 1.165) is 22.6 Å². The zero-order valence-electron chi connectivity index (χ0n) is 20.3. The van der Waals surface area contributed by atoms with E-state index in [1.54, 1.807) is 25.6 Å². The molecule has 0 saturated carbocycles. The summed E-state index contributed by atoms with van der Waals surface area (Å²) in [5.74, 6) is 0.0543. The molecule has 1 aromatic heterocycles. The van der Waals surface area contributed by atoms with Crippen molar-refractivity contribution in [1.29, 1.82) is 0 Å². The van der Waals surface area contributed by atoms with Crippen LogP contribution in [0.2, 0.25) is 0 Å². The molecule has 2 heterocycles. The minimum absolute atomic E-state index is 0.0183. The van der Waals surface area contributed by atoms with Gasteiger partial charge < -0.3 is 14.2 Å². The van der Waals surface area contributed by atoms with Gasteiger partial charge in [-0.15, -0.1) is 11.3 Å². The second-order valence-corrected chi connectivity index (χ2v) is 9.86. The van der Waals surface area contributed by atoms with E-state index in [9.17, 15) is 9.59 Å². The monoisotopic (exact) mass is 481 g/mol. The highest BCUT2D eigenvalue weighted by Gasteiger charge is 2.45. The number of methoxy groups -OCH3 is 2. The molecular formula is C27H31NO5S. The molecule has 4 atom stereocenters. The number of aliphatic imine (C=N–C) groups is 1. The molecule has 4 rings (SSSR count). The Kier molecular flexibility index (Phi) is 7.22. The maximum atomic E-state index is 13.6. The largest absolute Gasteiger partial charge is 0.493 e. The summed E-state index contributed by atoms with van der Waals surface area (Å²) in [7, 11) is 3.21. The van der Waals surface area contributed by atoms with E-state index >= 15 is 0 Å². The average Bonchev–Trinajstić information content (AvgIpc) is 3.37. The number of benzene rings is 1. The van der Waals surface area contributed by atoms with E-state index in [1.807, 2.05) is 56.5 Å². The lowest BCUT2D eigenvalue weighted by Crippen LogP contribution is -2.38. The molecule has 1 aliphatic carbocycles. The van der Waals surface area contributed by atoms with Crippen LogP contribution in [0.1, 0.15) is 62.3 Å². The Morgan fingerprint density at radius 1 is 1.18 bits per heavy atom. The zero-order chi connectivity index (χ0) is 24.4. The van der Waals surface area contributed by atoms with Gasteiger partial charge in [0.25, 0.3) is 0 Å². The molecule has 0 spiro atoms. The van der Waals surface area contributed by atoms with Crippen LogP contribution in [0.25, 0.3) is 0 Å². The summed E-state index contributed by atoms with van der Waals surface area (Å²) < 4.78 is 16.5. The summed E-state index contributed by atoms with van der Waals surface area (Å²) in [6, 6.07) is 9.74. The molecule has 1 aliphatic heterocycles. The third-order valence-corrected chi connectivity index (χ3v) is 7.72. The average molecular weight is 482 g/mol. The van der Waals surface area contributed by atoms with Crippen LogP contribution in [0.15, 0.2) is 52.0 Å². The first-order chi connectivity index (χ1) is 16.4. The van der Waals surface area contributed by atoms with Gasteiger partial charge in [-0.2, -0.15) is 0 Å². The van der Waals surface area contributed by atoms with E-state index in [0.29, 0.717) is 35.6 Å². The Morgan fingerprint density at radius 2 is 1.94 bits per heavy atom. The standard InChI is InChI=1S/C27H31NO5S/c1-6-15(2)33-27(30)24-16(3)28-19-12-18(17-9-10-21(31-4)22(14-17)32-5)13-20(29)25(19)26(24)23-8-7-11-34-23/h7-11,14-15,18,24,26H,6,12-13H2,1-5H3/t15-,18-,24?,26+/m1/s1. The summed E-state index contributed by atoms with van der Waals surface area (Å²) in [6.07, 6.45) is 1.54. The van der Waals surface area contributed by atoms with Crippen molar-refractivity contribution in [3.8, 4) is 11.5 Å². The third-order valence-electron chi connectivity index (χ3n) is 6.76. The quantitative estimate of drug-likeness (QED) is 0.476. The highest BCUT2D eigenvalue weighted by molar-refractivity contribution is 7.10. The number of esters is 1. The minimum atomic E-state index is -0.590. The molecule has 0 bridgehead atoms. The van der Waals surface area contributed by atoms with Gasteiger partial charge in [-0.3, -0.25) is 14.6 Å². The SMILES string of the molecule is CC[C@@H](C)OC(=O)C1C(C)=NC2=C(C(=O)C[C@H](c3ccc(OC)c(OC)c3)C2)[C@H]1c1cccs1. The summed E-state index contributed by atoms with van der Waals surface area (Å²) >= 11 is 1.56. The Hall–Kier alpha value is -2.93. The number of hydrogen-bond donors (Lipinski definition) is 0. The molecule has 34 heavy (non-hydrogen) atoms. The highest BCUT2D eigenvalue weighted by atomic mass is 32.1. The number of allylic oxidation sites excluding steroid dienone is 2. The van der Waals surface area contributed by atoms with Crippen molar-refractivity contribution >= 4 is 28.8 Å². The van der Waals surface area contributed by atoms with Crippen LogP contribution in [-0.2, 0) is 14.3 Å². The lowest BCUT2D eigenvalue weighted by molar-refractivity contribution is -0.151. The van der Waals surface area contributed by atoms with Crippen molar-refractivity contribution in [3.63, 3.8) is 0 Å². The maximum absolute atomic E-state index is 13.6. The van der Waals surface area contributed by atoms with Crippen LogP contribution in [0.3, 0.4) is 0 Å². The van der Waals surface area contributed by atoms with Crippen LogP contribution in [0.4, 0.5) is 0 Å². The van der Waals surface area contributed by atoms with Gasteiger partial charge in [-0.25, -0.2) is 0 Å². The van der Waals surface area contributed by atoms with Gasteiger partial charge in [0, 0.05) is 34.2 Å². The van der Waals surface area contributed by atoms with Crippen molar-refractivity contribution in [2.24, 2.45) is 10.9 Å². The third kappa shape index (κ3) is 4.53. The lowest BCUT2D eigenvalue weighted by atomic mass is 9.71.